The van der Waals surface area contributed by atoms with Gasteiger partial charge in [0, 0.05) is 31.9 Å². The van der Waals surface area contributed by atoms with E-state index in [-0.39, 0.29) is 0 Å². The number of rotatable bonds is 6. The summed E-state index contributed by atoms with van der Waals surface area (Å²) in [7, 11) is 2.26. The van der Waals surface area contributed by atoms with E-state index in [0.717, 1.165) is 18.5 Å². The van der Waals surface area contributed by atoms with Crippen molar-refractivity contribution >= 4 is 5.69 Å². The molecule has 2 fully saturated rings. The first-order valence-electron chi connectivity index (χ1n) is 8.76. The minimum absolute atomic E-state index is 0.790. The Balaban J connectivity index is 1.57. The van der Waals surface area contributed by atoms with Crippen molar-refractivity contribution in [3.63, 3.8) is 0 Å². The summed E-state index contributed by atoms with van der Waals surface area (Å²) in [5, 5.41) is 3.61. The molecule has 0 amide bonds. The molecule has 0 aromatic heterocycles. The van der Waals surface area contributed by atoms with Gasteiger partial charge in [-0.1, -0.05) is 25.3 Å². The lowest BCUT2D eigenvalue weighted by Crippen LogP contribution is -2.27. The zero-order valence-corrected chi connectivity index (χ0v) is 13.7. The normalized spacial score (nSPS) is 19.7. The Labute approximate surface area is 129 Å². The van der Waals surface area contributed by atoms with Gasteiger partial charge in [-0.05, 0) is 61.8 Å². The van der Waals surface area contributed by atoms with Crippen molar-refractivity contribution in [1.29, 1.82) is 0 Å². The fourth-order valence-electron chi connectivity index (χ4n) is 3.52. The zero-order valence-electron chi connectivity index (χ0n) is 13.7. The molecule has 0 bridgehead atoms. The number of hydrogen-bond donors (Lipinski definition) is 1. The molecule has 1 aromatic carbocycles. The van der Waals surface area contributed by atoms with Crippen molar-refractivity contribution < 1.29 is 0 Å². The average molecular weight is 286 g/mol. The molecule has 1 N–H and O–H groups in total. The molecular formula is C19H30N2. The van der Waals surface area contributed by atoms with Crippen LogP contribution < -0.4 is 10.2 Å². The smallest absolute Gasteiger partial charge is 0.0366 e. The number of hydrogen-bond acceptors (Lipinski definition) is 2. The molecule has 0 heterocycles. The summed E-state index contributed by atoms with van der Waals surface area (Å²) in [6.45, 7) is 4.50. The van der Waals surface area contributed by atoms with Crippen molar-refractivity contribution in [2.75, 3.05) is 18.5 Å². The molecule has 2 saturated carbocycles. The third-order valence-corrected chi connectivity index (χ3v) is 5.18. The van der Waals surface area contributed by atoms with Crippen molar-refractivity contribution in [3.8, 4) is 0 Å². The Hall–Kier alpha value is -1.02. The lowest BCUT2D eigenvalue weighted by molar-refractivity contribution is 0.362. The Kier molecular flexibility index (Phi) is 4.84. The first kappa shape index (κ1) is 14.9. The highest BCUT2D eigenvalue weighted by Crippen LogP contribution is 2.27. The van der Waals surface area contributed by atoms with Gasteiger partial charge in [-0.25, -0.2) is 0 Å². The Bertz CT molecular complexity index is 459. The zero-order chi connectivity index (χ0) is 14.7. The average Bonchev–Trinajstić information content (AvgIpc) is 3.31. The molecule has 2 aliphatic carbocycles. The summed E-state index contributed by atoms with van der Waals surface area (Å²) in [5.74, 6) is 0.903. The second kappa shape index (κ2) is 6.83. The van der Waals surface area contributed by atoms with Crippen molar-refractivity contribution in [3.05, 3.63) is 29.3 Å². The van der Waals surface area contributed by atoms with E-state index < -0.39 is 0 Å². The molecule has 2 aliphatic rings. The number of aryl methyl sites for hydroxylation is 1. The minimum Gasteiger partial charge on any atom is -0.374 e. The van der Waals surface area contributed by atoms with Crippen LogP contribution in [0.5, 0.6) is 0 Å². The number of nitrogens with one attached hydrogen (secondary N) is 1. The summed E-state index contributed by atoms with van der Waals surface area (Å²) >= 11 is 0. The van der Waals surface area contributed by atoms with Gasteiger partial charge < -0.3 is 10.2 Å². The van der Waals surface area contributed by atoms with Gasteiger partial charge in [0.2, 0.25) is 0 Å². The van der Waals surface area contributed by atoms with Crippen LogP contribution in [0.25, 0.3) is 0 Å². The second-order valence-electron chi connectivity index (χ2n) is 7.15. The van der Waals surface area contributed by atoms with E-state index in [1.165, 1.54) is 68.3 Å². The Morgan fingerprint density at radius 1 is 1.10 bits per heavy atom. The van der Waals surface area contributed by atoms with Gasteiger partial charge in [0.25, 0.3) is 0 Å². The molecule has 0 radical (unpaired) electrons. The van der Waals surface area contributed by atoms with Crippen LogP contribution in [0.2, 0.25) is 0 Å². The molecular weight excluding hydrogens is 256 g/mol. The van der Waals surface area contributed by atoms with Gasteiger partial charge in [0.05, 0.1) is 0 Å². The fourth-order valence-corrected chi connectivity index (χ4v) is 3.52. The van der Waals surface area contributed by atoms with Crippen LogP contribution >= 0.6 is 0 Å². The molecule has 2 nitrogen and oxygen atoms in total. The van der Waals surface area contributed by atoms with Gasteiger partial charge in [-0.3, -0.25) is 0 Å². The third-order valence-electron chi connectivity index (χ3n) is 5.18. The van der Waals surface area contributed by atoms with E-state index >= 15 is 0 Å². The lowest BCUT2D eigenvalue weighted by Gasteiger charge is -2.28. The van der Waals surface area contributed by atoms with E-state index in [4.69, 9.17) is 0 Å². The van der Waals surface area contributed by atoms with Gasteiger partial charge >= 0.3 is 0 Å². The summed E-state index contributed by atoms with van der Waals surface area (Å²) in [5.41, 5.74) is 4.26. The van der Waals surface area contributed by atoms with Crippen molar-refractivity contribution in [2.45, 2.75) is 64.5 Å². The van der Waals surface area contributed by atoms with Crippen molar-refractivity contribution in [1.82, 2.24) is 5.32 Å². The highest BCUT2D eigenvalue weighted by atomic mass is 15.1. The summed E-state index contributed by atoms with van der Waals surface area (Å²) in [6.07, 6.45) is 9.89. The molecule has 0 atom stereocenters. The molecule has 1 aromatic rings. The Morgan fingerprint density at radius 3 is 2.52 bits per heavy atom. The summed E-state index contributed by atoms with van der Waals surface area (Å²) in [6, 6.07) is 7.78. The van der Waals surface area contributed by atoms with Crippen LogP contribution in [-0.2, 0) is 6.54 Å². The van der Waals surface area contributed by atoms with Gasteiger partial charge in [0.15, 0.2) is 0 Å². The molecule has 3 rings (SSSR count). The fraction of sp³-hybridized carbons (Fsp3) is 0.684. The molecule has 0 saturated heterocycles. The third kappa shape index (κ3) is 4.23. The van der Waals surface area contributed by atoms with Crippen molar-refractivity contribution in [2.24, 2.45) is 5.92 Å². The van der Waals surface area contributed by atoms with Gasteiger partial charge in [0.1, 0.15) is 0 Å². The molecule has 0 spiro atoms. The lowest BCUT2D eigenvalue weighted by atomic mass is 9.89. The molecule has 0 aliphatic heterocycles. The highest BCUT2D eigenvalue weighted by molar-refractivity contribution is 5.50. The first-order chi connectivity index (χ1) is 10.2. The SMILES string of the molecule is Cc1cc(N(C)CC2CCCCC2)ccc1CNC1CC1. The number of benzene rings is 1. The van der Waals surface area contributed by atoms with Gasteiger partial charge in [-0.15, -0.1) is 0 Å². The predicted octanol–water partition coefficient (Wildman–Crippen LogP) is 4.26. The molecule has 2 heteroatoms. The largest absolute Gasteiger partial charge is 0.374 e. The van der Waals surface area contributed by atoms with E-state index in [2.05, 4.69) is 42.4 Å². The van der Waals surface area contributed by atoms with Crippen LogP contribution in [0, 0.1) is 12.8 Å². The number of nitrogens with zero attached hydrogens (tertiary/aromatic N) is 1. The van der Waals surface area contributed by atoms with Crippen LogP contribution in [0.1, 0.15) is 56.1 Å². The molecule has 0 unspecified atom stereocenters. The minimum atomic E-state index is 0.790. The van der Waals surface area contributed by atoms with E-state index in [1.54, 1.807) is 0 Å². The second-order valence-corrected chi connectivity index (χ2v) is 7.15. The Morgan fingerprint density at radius 2 is 1.86 bits per heavy atom. The standard InChI is InChI=1S/C19H30N2/c1-15-12-19(11-8-17(15)13-20-18-9-10-18)21(2)14-16-6-4-3-5-7-16/h8,11-12,16,18,20H,3-7,9-10,13-14H2,1-2H3. The highest BCUT2D eigenvalue weighted by Gasteiger charge is 2.20. The topological polar surface area (TPSA) is 15.3 Å². The van der Waals surface area contributed by atoms with E-state index in [1.807, 2.05) is 0 Å². The first-order valence-corrected chi connectivity index (χ1v) is 8.76. The van der Waals surface area contributed by atoms with E-state index in [9.17, 15) is 0 Å². The predicted molar refractivity (Wildman–Crippen MR) is 90.9 cm³/mol. The summed E-state index contributed by atoms with van der Waals surface area (Å²) < 4.78 is 0. The number of anilines is 1. The van der Waals surface area contributed by atoms with E-state index in [0.29, 0.717) is 0 Å². The molecule has 21 heavy (non-hydrogen) atoms. The van der Waals surface area contributed by atoms with Gasteiger partial charge in [-0.2, -0.15) is 0 Å². The summed E-state index contributed by atoms with van der Waals surface area (Å²) in [4.78, 5) is 2.46. The van der Waals surface area contributed by atoms with Crippen LogP contribution in [0.3, 0.4) is 0 Å². The molecule has 116 valence electrons. The maximum atomic E-state index is 3.61. The van der Waals surface area contributed by atoms with Crippen LogP contribution in [-0.4, -0.2) is 19.6 Å². The quantitative estimate of drug-likeness (QED) is 0.840. The maximum Gasteiger partial charge on any atom is 0.0366 e. The van der Waals surface area contributed by atoms with Crippen LogP contribution in [0.4, 0.5) is 5.69 Å². The maximum absolute atomic E-state index is 3.61. The van der Waals surface area contributed by atoms with Crippen LogP contribution in [0.15, 0.2) is 18.2 Å². The monoisotopic (exact) mass is 286 g/mol.